The summed E-state index contributed by atoms with van der Waals surface area (Å²) in [5, 5.41) is 0. The summed E-state index contributed by atoms with van der Waals surface area (Å²) in [7, 11) is 0. The number of ketones is 1. The Hall–Kier alpha value is -1.44. The van der Waals surface area contributed by atoms with Crippen molar-refractivity contribution < 1.29 is 9.18 Å². The Morgan fingerprint density at radius 1 is 1.40 bits per heavy atom. The third-order valence-corrected chi connectivity index (χ3v) is 2.85. The van der Waals surface area contributed by atoms with Gasteiger partial charge in [0.2, 0.25) is 0 Å². The van der Waals surface area contributed by atoms with Gasteiger partial charge in [0.1, 0.15) is 5.82 Å². The van der Waals surface area contributed by atoms with Gasteiger partial charge in [-0.1, -0.05) is 12.1 Å². The van der Waals surface area contributed by atoms with E-state index < -0.39 is 0 Å². The van der Waals surface area contributed by atoms with E-state index in [0.29, 0.717) is 6.42 Å². The van der Waals surface area contributed by atoms with Gasteiger partial charge in [-0.2, -0.15) is 0 Å². The summed E-state index contributed by atoms with van der Waals surface area (Å²) in [4.78, 5) is 11.3. The highest BCUT2D eigenvalue weighted by molar-refractivity contribution is 5.91. The van der Waals surface area contributed by atoms with E-state index in [0.717, 1.165) is 17.5 Å². The Bertz CT molecular complexity index is 421. The van der Waals surface area contributed by atoms with Crippen molar-refractivity contribution in [3.63, 3.8) is 0 Å². The third-order valence-electron chi connectivity index (χ3n) is 2.85. The van der Waals surface area contributed by atoms with E-state index in [9.17, 15) is 9.18 Å². The summed E-state index contributed by atoms with van der Waals surface area (Å²) in [6.07, 6.45) is 4.82. The number of rotatable bonds is 1. The monoisotopic (exact) mass is 204 g/mol. The summed E-state index contributed by atoms with van der Waals surface area (Å²) >= 11 is 0. The second-order valence-corrected chi connectivity index (χ2v) is 4.01. The van der Waals surface area contributed by atoms with Crippen LogP contribution in [0, 0.1) is 12.7 Å². The predicted molar refractivity (Wildman–Crippen MR) is 57.3 cm³/mol. The van der Waals surface area contributed by atoms with Crippen LogP contribution in [0.2, 0.25) is 0 Å². The van der Waals surface area contributed by atoms with Gasteiger partial charge in [0, 0.05) is 6.42 Å². The Morgan fingerprint density at radius 2 is 2.20 bits per heavy atom. The van der Waals surface area contributed by atoms with Gasteiger partial charge in [-0.3, -0.25) is 4.79 Å². The second kappa shape index (κ2) is 3.97. The van der Waals surface area contributed by atoms with E-state index in [1.54, 1.807) is 18.2 Å². The van der Waals surface area contributed by atoms with Gasteiger partial charge in [-0.05, 0) is 48.6 Å². The minimum atomic E-state index is -0.224. The van der Waals surface area contributed by atoms with E-state index in [1.807, 2.05) is 13.0 Å². The molecule has 78 valence electrons. The molecule has 0 saturated heterocycles. The van der Waals surface area contributed by atoms with Crippen LogP contribution in [0.4, 0.5) is 4.39 Å². The highest BCUT2D eigenvalue weighted by Crippen LogP contribution is 2.30. The minimum Gasteiger partial charge on any atom is -0.295 e. The predicted octanol–water partition coefficient (Wildman–Crippen LogP) is 3.14. The van der Waals surface area contributed by atoms with Crippen molar-refractivity contribution in [1.82, 2.24) is 0 Å². The smallest absolute Gasteiger partial charge is 0.155 e. The first-order valence-electron chi connectivity index (χ1n) is 5.12. The highest BCUT2D eigenvalue weighted by atomic mass is 19.1. The zero-order chi connectivity index (χ0) is 10.8. The molecule has 2 rings (SSSR count). The number of carbonyl (C=O) groups excluding carboxylic acids is 1. The zero-order valence-corrected chi connectivity index (χ0v) is 8.66. The topological polar surface area (TPSA) is 17.1 Å². The highest BCUT2D eigenvalue weighted by Gasteiger charge is 2.19. The quantitative estimate of drug-likeness (QED) is 0.686. The minimum absolute atomic E-state index is 0.134. The number of hydrogen-bond acceptors (Lipinski definition) is 1. The third kappa shape index (κ3) is 2.14. The molecule has 0 aliphatic heterocycles. The van der Waals surface area contributed by atoms with Crippen molar-refractivity contribution in [1.29, 1.82) is 0 Å². The van der Waals surface area contributed by atoms with Crippen LogP contribution in [0.5, 0.6) is 0 Å². The maximum absolute atomic E-state index is 13.1. The summed E-state index contributed by atoms with van der Waals surface area (Å²) in [5.74, 6) is 0.0608. The number of carbonyl (C=O) groups is 1. The van der Waals surface area contributed by atoms with Crippen molar-refractivity contribution in [3.05, 3.63) is 47.3 Å². The maximum atomic E-state index is 13.1. The molecule has 2 heteroatoms. The molecule has 15 heavy (non-hydrogen) atoms. The molecular formula is C13H13FO. The number of aryl methyl sites for hydroxylation is 1. The van der Waals surface area contributed by atoms with Gasteiger partial charge >= 0.3 is 0 Å². The summed E-state index contributed by atoms with van der Waals surface area (Å²) in [6, 6.07) is 4.78. The summed E-state index contributed by atoms with van der Waals surface area (Å²) in [6.45, 7) is 1.96. The molecule has 0 unspecified atom stereocenters. The average molecular weight is 204 g/mol. The van der Waals surface area contributed by atoms with Gasteiger partial charge < -0.3 is 0 Å². The Labute approximate surface area is 88.6 Å². The fourth-order valence-corrected chi connectivity index (χ4v) is 2.05. The first kappa shape index (κ1) is 10.1. The molecule has 1 nitrogen and oxygen atoms in total. The summed E-state index contributed by atoms with van der Waals surface area (Å²) in [5.41, 5.74) is 2.03. The maximum Gasteiger partial charge on any atom is 0.155 e. The zero-order valence-electron chi connectivity index (χ0n) is 8.66. The lowest BCUT2D eigenvalue weighted by atomic mass is 9.85. The Morgan fingerprint density at radius 3 is 2.93 bits per heavy atom. The van der Waals surface area contributed by atoms with Gasteiger partial charge in [0.05, 0.1) is 0 Å². The molecule has 0 heterocycles. The number of hydrogen-bond donors (Lipinski definition) is 0. The lowest BCUT2D eigenvalue weighted by Crippen LogP contribution is -2.10. The van der Waals surface area contributed by atoms with E-state index >= 15 is 0 Å². The van der Waals surface area contributed by atoms with Crippen molar-refractivity contribution >= 4 is 5.78 Å². The molecule has 1 aromatic carbocycles. The van der Waals surface area contributed by atoms with Crippen LogP contribution in [-0.2, 0) is 4.79 Å². The van der Waals surface area contributed by atoms with Crippen LogP contribution < -0.4 is 0 Å². The molecule has 0 fully saturated rings. The number of halogens is 1. The molecule has 0 radical (unpaired) electrons. The van der Waals surface area contributed by atoms with Crippen molar-refractivity contribution in [2.45, 2.75) is 25.7 Å². The molecule has 1 aliphatic carbocycles. The van der Waals surface area contributed by atoms with Gasteiger partial charge in [-0.25, -0.2) is 4.39 Å². The van der Waals surface area contributed by atoms with E-state index in [4.69, 9.17) is 0 Å². The van der Waals surface area contributed by atoms with Gasteiger partial charge in [0.25, 0.3) is 0 Å². The Kier molecular flexibility index (Phi) is 2.67. The molecule has 0 amide bonds. The van der Waals surface area contributed by atoms with E-state index in [-0.39, 0.29) is 17.5 Å². The second-order valence-electron chi connectivity index (χ2n) is 4.01. The van der Waals surface area contributed by atoms with E-state index in [2.05, 4.69) is 0 Å². The SMILES string of the molecule is Cc1ccc(F)cc1[C@H]1CC=CC(=O)C1. The molecule has 1 aromatic rings. The first-order chi connectivity index (χ1) is 7.16. The molecule has 0 saturated carbocycles. The van der Waals surface area contributed by atoms with Crippen molar-refractivity contribution in [2.75, 3.05) is 0 Å². The fourth-order valence-electron chi connectivity index (χ4n) is 2.05. The molecule has 1 aliphatic rings. The molecule has 0 bridgehead atoms. The van der Waals surface area contributed by atoms with E-state index in [1.165, 1.54) is 6.07 Å². The van der Waals surface area contributed by atoms with Crippen LogP contribution in [0.3, 0.4) is 0 Å². The van der Waals surface area contributed by atoms with Crippen LogP contribution in [0.1, 0.15) is 29.9 Å². The molecule has 0 spiro atoms. The van der Waals surface area contributed by atoms with Crippen LogP contribution >= 0.6 is 0 Å². The molecule has 0 N–H and O–H groups in total. The molecule has 1 atom stereocenters. The number of allylic oxidation sites excluding steroid dienone is 2. The van der Waals surface area contributed by atoms with Crippen molar-refractivity contribution in [3.8, 4) is 0 Å². The van der Waals surface area contributed by atoms with Gasteiger partial charge in [0.15, 0.2) is 5.78 Å². The lowest BCUT2D eigenvalue weighted by molar-refractivity contribution is -0.115. The van der Waals surface area contributed by atoms with Crippen LogP contribution in [0.25, 0.3) is 0 Å². The fraction of sp³-hybridized carbons (Fsp3) is 0.308. The standard InChI is InChI=1S/C13H13FO/c1-9-5-6-11(14)8-13(9)10-3-2-4-12(15)7-10/h2,4-6,8,10H,3,7H2,1H3/t10-/m0/s1. The largest absolute Gasteiger partial charge is 0.295 e. The lowest BCUT2D eigenvalue weighted by Gasteiger charge is -2.19. The summed E-state index contributed by atoms with van der Waals surface area (Å²) < 4.78 is 13.1. The first-order valence-corrected chi connectivity index (χ1v) is 5.12. The van der Waals surface area contributed by atoms with Crippen LogP contribution in [0.15, 0.2) is 30.4 Å². The normalized spacial score (nSPS) is 20.7. The van der Waals surface area contributed by atoms with Gasteiger partial charge in [-0.15, -0.1) is 0 Å². The van der Waals surface area contributed by atoms with Crippen molar-refractivity contribution in [2.24, 2.45) is 0 Å². The number of benzene rings is 1. The Balaban J connectivity index is 2.33. The molecule has 0 aromatic heterocycles. The molecular weight excluding hydrogens is 191 g/mol. The van der Waals surface area contributed by atoms with Crippen LogP contribution in [-0.4, -0.2) is 5.78 Å². The average Bonchev–Trinajstić information content (AvgIpc) is 2.22.